The van der Waals surface area contributed by atoms with Crippen molar-refractivity contribution >= 4 is 44.3 Å². The largest absolute Gasteiger partial charge is 0.350 e. The zero-order valence-electron chi connectivity index (χ0n) is 9.13. The van der Waals surface area contributed by atoms with Crippen molar-refractivity contribution in [1.82, 2.24) is 9.88 Å². The van der Waals surface area contributed by atoms with Gasteiger partial charge in [0, 0.05) is 28.6 Å². The number of carbonyl (C=O) groups excluding carboxylic acids is 1. The van der Waals surface area contributed by atoms with E-state index in [2.05, 4.69) is 32.7 Å². The Morgan fingerprint density at radius 1 is 1.59 bits per heavy atom. The van der Waals surface area contributed by atoms with E-state index in [9.17, 15) is 4.79 Å². The molecule has 17 heavy (non-hydrogen) atoms. The zero-order valence-corrected chi connectivity index (χ0v) is 11.5. The van der Waals surface area contributed by atoms with E-state index in [4.69, 9.17) is 11.6 Å². The van der Waals surface area contributed by atoms with E-state index >= 15 is 0 Å². The van der Waals surface area contributed by atoms with Crippen molar-refractivity contribution in [2.24, 2.45) is 0 Å². The summed E-state index contributed by atoms with van der Waals surface area (Å²) in [5.41, 5.74) is 1.48. The number of hydrogen-bond acceptors (Lipinski definition) is 1. The van der Waals surface area contributed by atoms with Crippen LogP contribution in [-0.4, -0.2) is 17.0 Å². The highest BCUT2D eigenvalue weighted by molar-refractivity contribution is 9.10. The Hall–Kier alpha value is -1.00. The maximum absolute atomic E-state index is 12.1. The molecule has 1 atom stereocenters. The first-order chi connectivity index (χ1) is 8.09. The Kier molecular flexibility index (Phi) is 2.45. The summed E-state index contributed by atoms with van der Waals surface area (Å²) in [6.07, 6.45) is 2.00. The molecule has 2 aromatic rings. The van der Waals surface area contributed by atoms with Crippen LogP contribution in [-0.2, 0) is 0 Å². The number of nitrogens with zero attached hydrogens (tertiary/aromatic N) is 1. The lowest BCUT2D eigenvalue weighted by Gasteiger charge is -2.12. The first-order valence-corrected chi connectivity index (χ1v) is 6.53. The molecular formula is C12H10BrClN2O. The molecule has 0 fully saturated rings. The van der Waals surface area contributed by atoms with Crippen LogP contribution < -0.4 is 5.32 Å². The van der Waals surface area contributed by atoms with Gasteiger partial charge >= 0.3 is 0 Å². The Morgan fingerprint density at radius 2 is 2.35 bits per heavy atom. The lowest BCUT2D eigenvalue weighted by Crippen LogP contribution is -2.26. The van der Waals surface area contributed by atoms with E-state index in [1.54, 1.807) is 0 Å². The molecule has 1 aliphatic rings. The number of benzene rings is 1. The summed E-state index contributed by atoms with van der Waals surface area (Å²) >= 11 is 9.62. The van der Waals surface area contributed by atoms with Gasteiger partial charge in [0.25, 0.3) is 5.91 Å². The fourth-order valence-corrected chi connectivity index (χ4v) is 2.95. The highest BCUT2D eigenvalue weighted by Gasteiger charge is 2.24. The minimum absolute atomic E-state index is 0.106. The van der Waals surface area contributed by atoms with Gasteiger partial charge in [0.1, 0.15) is 0 Å². The molecular weight excluding hydrogens is 304 g/mol. The maximum atomic E-state index is 12.1. The molecule has 0 bridgehead atoms. The SMILES string of the molecule is CC1CNC(=O)c2c(Cl)c(Br)cc3ccn1c23. The molecule has 1 aliphatic heterocycles. The molecule has 2 heterocycles. The quantitative estimate of drug-likeness (QED) is 0.795. The number of halogens is 2. The topological polar surface area (TPSA) is 34.0 Å². The molecule has 0 saturated heterocycles. The molecule has 0 saturated carbocycles. The molecule has 1 aromatic carbocycles. The maximum Gasteiger partial charge on any atom is 0.255 e. The van der Waals surface area contributed by atoms with Gasteiger partial charge in [-0.25, -0.2) is 0 Å². The molecule has 1 aromatic heterocycles. The minimum Gasteiger partial charge on any atom is -0.350 e. The number of hydrogen-bond donors (Lipinski definition) is 1. The van der Waals surface area contributed by atoms with Crippen LogP contribution in [0.4, 0.5) is 0 Å². The molecule has 1 N–H and O–H groups in total. The average molecular weight is 314 g/mol. The van der Waals surface area contributed by atoms with Crippen molar-refractivity contribution in [3.05, 3.63) is 33.4 Å². The van der Waals surface area contributed by atoms with Crippen molar-refractivity contribution in [3.63, 3.8) is 0 Å². The normalized spacial score (nSPS) is 19.2. The third-order valence-electron chi connectivity index (χ3n) is 3.15. The molecule has 88 valence electrons. The fraction of sp³-hybridized carbons (Fsp3) is 0.250. The lowest BCUT2D eigenvalue weighted by atomic mass is 10.1. The summed E-state index contributed by atoms with van der Waals surface area (Å²) < 4.78 is 2.85. The second-order valence-electron chi connectivity index (χ2n) is 4.27. The van der Waals surface area contributed by atoms with Gasteiger partial charge < -0.3 is 9.88 Å². The zero-order chi connectivity index (χ0) is 12.2. The van der Waals surface area contributed by atoms with Crippen molar-refractivity contribution in [1.29, 1.82) is 0 Å². The Balaban J connectivity index is 2.49. The third-order valence-corrected chi connectivity index (χ3v) is 4.40. The van der Waals surface area contributed by atoms with Crippen LogP contribution in [0.5, 0.6) is 0 Å². The van der Waals surface area contributed by atoms with Crippen LogP contribution >= 0.6 is 27.5 Å². The van der Waals surface area contributed by atoms with Crippen LogP contribution in [0.2, 0.25) is 5.02 Å². The average Bonchev–Trinajstić information content (AvgIpc) is 2.65. The minimum atomic E-state index is -0.106. The summed E-state index contributed by atoms with van der Waals surface area (Å²) in [5, 5.41) is 4.39. The summed E-state index contributed by atoms with van der Waals surface area (Å²) in [6.45, 7) is 2.69. The van der Waals surface area contributed by atoms with Gasteiger partial charge in [-0.3, -0.25) is 4.79 Å². The Morgan fingerprint density at radius 3 is 3.12 bits per heavy atom. The monoisotopic (exact) mass is 312 g/mol. The van der Waals surface area contributed by atoms with Crippen LogP contribution in [0.1, 0.15) is 23.3 Å². The first kappa shape index (κ1) is 11.1. The molecule has 3 rings (SSSR count). The van der Waals surface area contributed by atoms with Gasteiger partial charge in [0.05, 0.1) is 16.1 Å². The van der Waals surface area contributed by atoms with E-state index in [1.165, 1.54) is 0 Å². The summed E-state index contributed by atoms with van der Waals surface area (Å²) in [4.78, 5) is 12.1. The van der Waals surface area contributed by atoms with Crippen LogP contribution in [0, 0.1) is 0 Å². The summed E-state index contributed by atoms with van der Waals surface area (Å²) in [5.74, 6) is -0.106. The van der Waals surface area contributed by atoms with Gasteiger partial charge in [-0.1, -0.05) is 11.6 Å². The van der Waals surface area contributed by atoms with Gasteiger partial charge in [-0.15, -0.1) is 0 Å². The second kappa shape index (κ2) is 3.75. The second-order valence-corrected chi connectivity index (χ2v) is 5.50. The smallest absolute Gasteiger partial charge is 0.255 e. The van der Waals surface area contributed by atoms with E-state index in [-0.39, 0.29) is 11.9 Å². The van der Waals surface area contributed by atoms with Crippen molar-refractivity contribution in [2.75, 3.05) is 6.54 Å². The summed E-state index contributed by atoms with van der Waals surface area (Å²) in [7, 11) is 0. The highest BCUT2D eigenvalue weighted by Crippen LogP contribution is 2.36. The van der Waals surface area contributed by atoms with Crippen LogP contribution in [0.25, 0.3) is 10.9 Å². The van der Waals surface area contributed by atoms with E-state index in [1.807, 2.05) is 18.3 Å². The molecule has 0 spiro atoms. The number of carbonyl (C=O) groups is 1. The molecule has 0 radical (unpaired) electrons. The number of amides is 1. The molecule has 0 aliphatic carbocycles. The van der Waals surface area contributed by atoms with Crippen molar-refractivity contribution < 1.29 is 4.79 Å². The van der Waals surface area contributed by atoms with Gasteiger partial charge in [-0.2, -0.15) is 0 Å². The number of nitrogens with one attached hydrogen (secondary N) is 1. The first-order valence-electron chi connectivity index (χ1n) is 5.36. The number of rotatable bonds is 0. The predicted octanol–water partition coefficient (Wildman–Crippen LogP) is 3.36. The number of aromatic nitrogens is 1. The van der Waals surface area contributed by atoms with Crippen molar-refractivity contribution in [2.45, 2.75) is 13.0 Å². The third kappa shape index (κ3) is 1.51. The van der Waals surface area contributed by atoms with Gasteiger partial charge in [0.15, 0.2) is 0 Å². The predicted molar refractivity (Wildman–Crippen MR) is 71.7 cm³/mol. The standard InChI is InChI=1S/C12H10BrClN2O/c1-6-5-15-12(17)9-10(14)8(13)4-7-2-3-16(6)11(7)9/h2-4,6H,5H2,1H3,(H,15,17). The van der Waals surface area contributed by atoms with Crippen molar-refractivity contribution in [3.8, 4) is 0 Å². The van der Waals surface area contributed by atoms with Crippen LogP contribution in [0.15, 0.2) is 22.8 Å². The molecule has 5 heteroatoms. The van der Waals surface area contributed by atoms with Gasteiger partial charge in [0.2, 0.25) is 0 Å². The van der Waals surface area contributed by atoms with Crippen LogP contribution in [0.3, 0.4) is 0 Å². The Labute approximate surface area is 112 Å². The molecule has 3 nitrogen and oxygen atoms in total. The molecule has 1 amide bonds. The summed E-state index contributed by atoms with van der Waals surface area (Å²) in [6, 6.07) is 4.19. The highest BCUT2D eigenvalue weighted by atomic mass is 79.9. The Bertz CT molecular complexity index is 635. The fourth-order valence-electron chi connectivity index (χ4n) is 2.28. The lowest BCUT2D eigenvalue weighted by molar-refractivity contribution is 0.0954. The van der Waals surface area contributed by atoms with E-state index < -0.39 is 0 Å². The molecule has 1 unspecified atom stereocenters. The van der Waals surface area contributed by atoms with E-state index in [0.717, 1.165) is 15.4 Å². The van der Waals surface area contributed by atoms with E-state index in [0.29, 0.717) is 17.1 Å². The van der Waals surface area contributed by atoms with Gasteiger partial charge in [-0.05, 0) is 35.0 Å².